The van der Waals surface area contributed by atoms with Crippen LogP contribution in [-0.4, -0.2) is 33.3 Å². The molecule has 2 aromatic rings. The summed E-state index contributed by atoms with van der Waals surface area (Å²) in [7, 11) is -3.81. The molecule has 3 rings (SSSR count). The SMILES string of the molecule is CC1=NS(=O)(=O)c2cc(C(=O)NCCc3ccccc3)ccc2N1CC(C)C. The van der Waals surface area contributed by atoms with Gasteiger partial charge in [0.15, 0.2) is 0 Å². The second-order valence-electron chi connectivity index (χ2n) is 7.29. The number of anilines is 1. The van der Waals surface area contributed by atoms with Crippen LogP contribution in [0.3, 0.4) is 0 Å². The molecule has 7 heteroatoms. The van der Waals surface area contributed by atoms with Gasteiger partial charge in [0.25, 0.3) is 15.9 Å². The summed E-state index contributed by atoms with van der Waals surface area (Å²) in [4.78, 5) is 14.5. The summed E-state index contributed by atoms with van der Waals surface area (Å²) in [6, 6.07) is 14.6. The maximum absolute atomic E-state index is 12.5. The third-order valence-electron chi connectivity index (χ3n) is 4.52. The largest absolute Gasteiger partial charge is 0.352 e. The summed E-state index contributed by atoms with van der Waals surface area (Å²) in [5.41, 5.74) is 2.02. The monoisotopic (exact) mass is 399 g/mol. The Morgan fingerprint density at radius 1 is 1.14 bits per heavy atom. The average molecular weight is 400 g/mol. The van der Waals surface area contributed by atoms with Gasteiger partial charge in [0.2, 0.25) is 0 Å². The highest BCUT2D eigenvalue weighted by molar-refractivity contribution is 7.90. The molecule has 0 saturated heterocycles. The van der Waals surface area contributed by atoms with Crippen molar-refractivity contribution in [3.63, 3.8) is 0 Å². The zero-order chi connectivity index (χ0) is 20.3. The van der Waals surface area contributed by atoms with Crippen LogP contribution in [0.5, 0.6) is 0 Å². The molecule has 0 radical (unpaired) electrons. The van der Waals surface area contributed by atoms with E-state index in [9.17, 15) is 13.2 Å². The molecule has 1 N–H and O–H groups in total. The first kappa shape index (κ1) is 20.1. The molecule has 0 unspecified atom stereocenters. The zero-order valence-electron chi connectivity index (χ0n) is 16.3. The fourth-order valence-electron chi connectivity index (χ4n) is 3.19. The van der Waals surface area contributed by atoms with Crippen LogP contribution in [0.1, 0.15) is 36.7 Å². The van der Waals surface area contributed by atoms with Crippen molar-refractivity contribution in [2.75, 3.05) is 18.0 Å². The van der Waals surface area contributed by atoms with E-state index in [-0.39, 0.29) is 10.8 Å². The minimum atomic E-state index is -3.81. The summed E-state index contributed by atoms with van der Waals surface area (Å²) >= 11 is 0. The standard InChI is InChI=1S/C21H25N3O3S/c1-15(2)14-24-16(3)23-28(26,27)20-13-18(9-10-19(20)24)21(25)22-12-11-17-7-5-4-6-8-17/h4-10,13,15H,11-12,14H2,1-3H3,(H,22,25). The summed E-state index contributed by atoms with van der Waals surface area (Å²) in [6.07, 6.45) is 0.710. The Morgan fingerprint density at radius 3 is 2.54 bits per heavy atom. The van der Waals surface area contributed by atoms with E-state index in [0.29, 0.717) is 42.5 Å². The Labute approximate surface area is 166 Å². The molecule has 0 aromatic heterocycles. The van der Waals surface area contributed by atoms with Crippen LogP contribution < -0.4 is 10.2 Å². The highest BCUT2D eigenvalue weighted by Crippen LogP contribution is 2.33. The number of amides is 1. The van der Waals surface area contributed by atoms with Crippen molar-refractivity contribution in [3.05, 3.63) is 59.7 Å². The molecule has 0 aliphatic carbocycles. The summed E-state index contributed by atoms with van der Waals surface area (Å²) in [6.45, 7) is 6.94. The maximum Gasteiger partial charge on any atom is 0.286 e. The van der Waals surface area contributed by atoms with Crippen molar-refractivity contribution in [3.8, 4) is 0 Å². The normalized spacial score (nSPS) is 15.1. The van der Waals surface area contributed by atoms with Gasteiger partial charge in [0, 0.05) is 18.7 Å². The lowest BCUT2D eigenvalue weighted by Crippen LogP contribution is -2.37. The number of fused-ring (bicyclic) bond motifs is 1. The predicted octanol–water partition coefficient (Wildman–Crippen LogP) is 3.24. The van der Waals surface area contributed by atoms with Crippen LogP contribution in [0.25, 0.3) is 0 Å². The molecule has 1 heterocycles. The van der Waals surface area contributed by atoms with Crippen LogP contribution in [-0.2, 0) is 16.4 Å². The molecule has 0 bridgehead atoms. The number of rotatable bonds is 6. The predicted molar refractivity (Wildman–Crippen MR) is 111 cm³/mol. The first-order valence-corrected chi connectivity index (χ1v) is 10.8. The van der Waals surface area contributed by atoms with Crippen LogP contribution in [0.15, 0.2) is 57.8 Å². The zero-order valence-corrected chi connectivity index (χ0v) is 17.2. The molecular weight excluding hydrogens is 374 g/mol. The van der Waals surface area contributed by atoms with Crippen molar-refractivity contribution < 1.29 is 13.2 Å². The molecule has 0 spiro atoms. The average Bonchev–Trinajstić information content (AvgIpc) is 2.65. The highest BCUT2D eigenvalue weighted by Gasteiger charge is 2.30. The Balaban J connectivity index is 1.79. The van der Waals surface area contributed by atoms with Crippen LogP contribution >= 0.6 is 0 Å². The van der Waals surface area contributed by atoms with Gasteiger partial charge in [-0.25, -0.2) is 0 Å². The van der Waals surface area contributed by atoms with E-state index in [1.807, 2.05) is 35.2 Å². The second kappa shape index (κ2) is 8.14. The lowest BCUT2D eigenvalue weighted by molar-refractivity contribution is 0.0954. The first-order valence-electron chi connectivity index (χ1n) is 9.33. The van der Waals surface area contributed by atoms with Crippen LogP contribution in [0, 0.1) is 5.92 Å². The lowest BCUT2D eigenvalue weighted by atomic mass is 10.1. The van der Waals surface area contributed by atoms with Gasteiger partial charge in [-0.2, -0.15) is 8.42 Å². The van der Waals surface area contributed by atoms with Crippen molar-refractivity contribution >= 4 is 27.5 Å². The van der Waals surface area contributed by atoms with Crippen molar-refractivity contribution in [1.29, 1.82) is 0 Å². The van der Waals surface area contributed by atoms with Crippen LogP contribution in [0.2, 0.25) is 0 Å². The number of hydrogen-bond acceptors (Lipinski definition) is 4. The molecule has 0 fully saturated rings. The third kappa shape index (κ3) is 4.42. The number of nitrogens with zero attached hydrogens (tertiary/aromatic N) is 2. The number of benzene rings is 2. The molecule has 148 valence electrons. The van der Waals surface area contributed by atoms with Gasteiger partial charge in [-0.1, -0.05) is 44.2 Å². The molecule has 6 nitrogen and oxygen atoms in total. The van der Waals surface area contributed by atoms with E-state index in [4.69, 9.17) is 0 Å². The number of sulfonamides is 1. The Kier molecular flexibility index (Phi) is 5.84. The van der Waals surface area contributed by atoms with E-state index in [1.54, 1.807) is 19.1 Å². The van der Waals surface area contributed by atoms with Gasteiger partial charge >= 0.3 is 0 Å². The number of hydrogen-bond donors (Lipinski definition) is 1. The number of nitrogens with one attached hydrogen (secondary N) is 1. The number of carbonyl (C=O) groups excluding carboxylic acids is 1. The Bertz CT molecular complexity index is 999. The summed E-state index contributed by atoms with van der Waals surface area (Å²) < 4.78 is 29.0. The van der Waals surface area contributed by atoms with Crippen molar-refractivity contribution in [2.45, 2.75) is 32.1 Å². The molecule has 1 aliphatic rings. The molecule has 0 atom stereocenters. The highest BCUT2D eigenvalue weighted by atomic mass is 32.2. The third-order valence-corrected chi connectivity index (χ3v) is 5.91. The van der Waals surface area contributed by atoms with Gasteiger partial charge in [0.1, 0.15) is 10.7 Å². The summed E-state index contributed by atoms with van der Waals surface area (Å²) in [5, 5.41) is 2.85. The lowest BCUT2D eigenvalue weighted by Gasteiger charge is -2.30. The van der Waals surface area contributed by atoms with Gasteiger partial charge in [-0.3, -0.25) is 4.79 Å². The quantitative estimate of drug-likeness (QED) is 0.809. The molecule has 0 saturated carbocycles. The molecule has 1 amide bonds. The Morgan fingerprint density at radius 2 is 1.86 bits per heavy atom. The number of amidine groups is 1. The van der Waals surface area contributed by atoms with Crippen molar-refractivity contribution in [2.24, 2.45) is 10.3 Å². The molecule has 2 aromatic carbocycles. The van der Waals surface area contributed by atoms with E-state index in [0.717, 1.165) is 5.56 Å². The fourth-order valence-corrected chi connectivity index (χ4v) is 4.46. The van der Waals surface area contributed by atoms with E-state index in [2.05, 4.69) is 23.6 Å². The topological polar surface area (TPSA) is 78.8 Å². The summed E-state index contributed by atoms with van der Waals surface area (Å²) in [5.74, 6) is 0.483. The van der Waals surface area contributed by atoms with Crippen molar-refractivity contribution in [1.82, 2.24) is 5.32 Å². The number of carbonyl (C=O) groups is 1. The second-order valence-corrected chi connectivity index (χ2v) is 8.86. The van der Waals surface area contributed by atoms with E-state index in [1.165, 1.54) is 6.07 Å². The molecular formula is C21H25N3O3S. The van der Waals surface area contributed by atoms with Gasteiger partial charge in [-0.15, -0.1) is 4.40 Å². The first-order chi connectivity index (χ1) is 13.3. The smallest absolute Gasteiger partial charge is 0.286 e. The minimum Gasteiger partial charge on any atom is -0.352 e. The molecule has 1 aliphatic heterocycles. The minimum absolute atomic E-state index is 0.0782. The molecule has 28 heavy (non-hydrogen) atoms. The maximum atomic E-state index is 12.5. The van der Waals surface area contributed by atoms with Gasteiger partial charge < -0.3 is 10.2 Å². The Hall–Kier alpha value is -2.67. The van der Waals surface area contributed by atoms with E-state index >= 15 is 0 Å². The van der Waals surface area contributed by atoms with E-state index < -0.39 is 10.0 Å². The van der Waals surface area contributed by atoms with Gasteiger partial charge in [-0.05, 0) is 43.0 Å². The van der Waals surface area contributed by atoms with Gasteiger partial charge in [0.05, 0.1) is 5.69 Å². The van der Waals surface area contributed by atoms with Crippen LogP contribution in [0.4, 0.5) is 5.69 Å². The fraction of sp³-hybridized carbons (Fsp3) is 0.333.